The maximum absolute atomic E-state index is 4.63. The van der Waals surface area contributed by atoms with Crippen LogP contribution < -0.4 is 15.5 Å². The van der Waals surface area contributed by atoms with Gasteiger partial charge in [0.05, 0.1) is 5.39 Å². The standard InChI is InChI=1S/C11H15N5S/c1-12-9-8-2-7-17-10(8)15-11(14-9)16-5-3-13-4-6-16/h2,7,13H,3-6H2,1H3,(H,12,14,15). The molecule has 3 heterocycles. The van der Waals surface area contributed by atoms with Crippen LogP contribution in [0, 0.1) is 0 Å². The van der Waals surface area contributed by atoms with Gasteiger partial charge >= 0.3 is 0 Å². The Kier molecular flexibility index (Phi) is 2.82. The monoisotopic (exact) mass is 249 g/mol. The van der Waals surface area contributed by atoms with Crippen LogP contribution in [0.15, 0.2) is 11.4 Å². The van der Waals surface area contributed by atoms with Gasteiger partial charge in [0.1, 0.15) is 10.6 Å². The fourth-order valence-corrected chi connectivity index (χ4v) is 2.80. The molecule has 90 valence electrons. The quantitative estimate of drug-likeness (QED) is 0.836. The molecule has 1 saturated heterocycles. The van der Waals surface area contributed by atoms with E-state index >= 15 is 0 Å². The molecule has 2 N–H and O–H groups in total. The third-order valence-electron chi connectivity index (χ3n) is 2.95. The minimum absolute atomic E-state index is 0.839. The van der Waals surface area contributed by atoms with Crippen LogP contribution in [0.25, 0.3) is 10.2 Å². The average Bonchev–Trinajstić information content (AvgIpc) is 2.86. The van der Waals surface area contributed by atoms with Gasteiger partial charge in [-0.05, 0) is 11.4 Å². The molecule has 0 unspecified atom stereocenters. The fraction of sp³-hybridized carbons (Fsp3) is 0.455. The molecule has 1 aliphatic heterocycles. The van der Waals surface area contributed by atoms with Gasteiger partial charge in [0.2, 0.25) is 5.95 Å². The highest BCUT2D eigenvalue weighted by Crippen LogP contribution is 2.27. The molecule has 0 aliphatic carbocycles. The average molecular weight is 249 g/mol. The summed E-state index contributed by atoms with van der Waals surface area (Å²) in [5, 5.41) is 9.65. The Morgan fingerprint density at radius 3 is 2.94 bits per heavy atom. The summed E-state index contributed by atoms with van der Waals surface area (Å²) in [7, 11) is 1.90. The number of thiophene rings is 1. The predicted molar refractivity (Wildman–Crippen MR) is 72.0 cm³/mol. The molecule has 5 nitrogen and oxygen atoms in total. The normalized spacial score (nSPS) is 16.4. The SMILES string of the molecule is CNc1nc(N2CCNCC2)nc2sccc12. The van der Waals surface area contributed by atoms with Gasteiger partial charge in [0.25, 0.3) is 0 Å². The molecule has 0 spiro atoms. The highest BCUT2D eigenvalue weighted by Gasteiger charge is 2.15. The van der Waals surface area contributed by atoms with Crippen molar-refractivity contribution in [3.8, 4) is 0 Å². The maximum atomic E-state index is 4.63. The van der Waals surface area contributed by atoms with E-state index in [4.69, 9.17) is 0 Å². The number of anilines is 2. The number of aromatic nitrogens is 2. The molecule has 0 bridgehead atoms. The summed E-state index contributed by atoms with van der Waals surface area (Å²) >= 11 is 1.66. The summed E-state index contributed by atoms with van der Waals surface area (Å²) in [5.74, 6) is 1.76. The first kappa shape index (κ1) is 10.7. The second-order valence-electron chi connectivity index (χ2n) is 4.00. The second kappa shape index (κ2) is 4.46. The van der Waals surface area contributed by atoms with Gasteiger partial charge < -0.3 is 15.5 Å². The zero-order chi connectivity index (χ0) is 11.7. The highest BCUT2D eigenvalue weighted by molar-refractivity contribution is 7.16. The third kappa shape index (κ3) is 1.94. The van der Waals surface area contributed by atoms with Gasteiger partial charge in [0.15, 0.2) is 0 Å². The lowest BCUT2D eigenvalue weighted by molar-refractivity contribution is 0.581. The summed E-state index contributed by atoms with van der Waals surface area (Å²) in [6.07, 6.45) is 0. The van der Waals surface area contributed by atoms with Crippen molar-refractivity contribution in [2.45, 2.75) is 0 Å². The summed E-state index contributed by atoms with van der Waals surface area (Å²) in [6.45, 7) is 3.95. The number of hydrogen-bond acceptors (Lipinski definition) is 6. The molecule has 0 aromatic carbocycles. The first-order chi connectivity index (χ1) is 8.38. The van der Waals surface area contributed by atoms with Gasteiger partial charge in [-0.2, -0.15) is 4.98 Å². The van der Waals surface area contributed by atoms with Crippen molar-refractivity contribution in [2.75, 3.05) is 43.4 Å². The van der Waals surface area contributed by atoms with Crippen molar-refractivity contribution in [1.82, 2.24) is 15.3 Å². The van der Waals surface area contributed by atoms with E-state index in [1.807, 2.05) is 7.05 Å². The number of hydrogen-bond donors (Lipinski definition) is 2. The van der Waals surface area contributed by atoms with E-state index in [-0.39, 0.29) is 0 Å². The van der Waals surface area contributed by atoms with Crippen LogP contribution in [0.5, 0.6) is 0 Å². The van der Waals surface area contributed by atoms with Gasteiger partial charge in [-0.3, -0.25) is 0 Å². The van der Waals surface area contributed by atoms with Crippen LogP contribution >= 0.6 is 11.3 Å². The molecule has 1 aliphatic rings. The molecule has 1 fully saturated rings. The molecular formula is C11H15N5S. The Bertz CT molecular complexity index is 518. The van der Waals surface area contributed by atoms with Crippen molar-refractivity contribution in [3.63, 3.8) is 0 Å². The highest BCUT2D eigenvalue weighted by atomic mass is 32.1. The third-order valence-corrected chi connectivity index (χ3v) is 3.76. The molecule has 0 amide bonds. The number of piperazine rings is 1. The van der Waals surface area contributed by atoms with Gasteiger partial charge in [-0.1, -0.05) is 0 Å². The smallest absolute Gasteiger partial charge is 0.228 e. The van der Waals surface area contributed by atoms with Gasteiger partial charge in [0, 0.05) is 33.2 Å². The lowest BCUT2D eigenvalue weighted by Crippen LogP contribution is -2.44. The van der Waals surface area contributed by atoms with Crippen LogP contribution in [0.3, 0.4) is 0 Å². The topological polar surface area (TPSA) is 53.1 Å². The summed E-state index contributed by atoms with van der Waals surface area (Å²) in [4.78, 5) is 12.5. The van der Waals surface area contributed by atoms with Crippen LogP contribution in [-0.4, -0.2) is 43.2 Å². The van der Waals surface area contributed by atoms with Crippen LogP contribution in [0.2, 0.25) is 0 Å². The van der Waals surface area contributed by atoms with Crippen LogP contribution in [-0.2, 0) is 0 Å². The number of nitrogens with one attached hydrogen (secondary N) is 2. The number of fused-ring (bicyclic) bond motifs is 1. The zero-order valence-corrected chi connectivity index (χ0v) is 10.5. The first-order valence-corrected chi connectivity index (χ1v) is 6.65. The fourth-order valence-electron chi connectivity index (χ4n) is 2.04. The predicted octanol–water partition coefficient (Wildman–Crippen LogP) is 1.14. The zero-order valence-electron chi connectivity index (χ0n) is 9.73. The molecular weight excluding hydrogens is 234 g/mol. The Labute approximate surface area is 104 Å². The van der Waals surface area contributed by atoms with E-state index in [0.29, 0.717) is 0 Å². The van der Waals surface area contributed by atoms with E-state index in [9.17, 15) is 0 Å². The van der Waals surface area contributed by atoms with E-state index in [1.165, 1.54) is 0 Å². The molecule has 17 heavy (non-hydrogen) atoms. The Morgan fingerprint density at radius 2 is 2.18 bits per heavy atom. The number of nitrogens with zero attached hydrogens (tertiary/aromatic N) is 3. The van der Waals surface area contributed by atoms with Crippen molar-refractivity contribution < 1.29 is 0 Å². The lowest BCUT2D eigenvalue weighted by atomic mass is 10.3. The Balaban J connectivity index is 2.03. The van der Waals surface area contributed by atoms with E-state index in [2.05, 4.69) is 36.9 Å². The molecule has 6 heteroatoms. The summed E-state index contributed by atoms with van der Waals surface area (Å²) in [5.41, 5.74) is 0. The van der Waals surface area contributed by atoms with Crippen molar-refractivity contribution in [3.05, 3.63) is 11.4 Å². The van der Waals surface area contributed by atoms with E-state index < -0.39 is 0 Å². The largest absolute Gasteiger partial charge is 0.372 e. The minimum Gasteiger partial charge on any atom is -0.372 e. The van der Waals surface area contributed by atoms with Crippen molar-refractivity contribution in [1.29, 1.82) is 0 Å². The summed E-state index contributed by atoms with van der Waals surface area (Å²) in [6, 6.07) is 2.06. The van der Waals surface area contributed by atoms with Crippen LogP contribution in [0.1, 0.15) is 0 Å². The second-order valence-corrected chi connectivity index (χ2v) is 4.89. The Hall–Kier alpha value is -1.40. The first-order valence-electron chi connectivity index (χ1n) is 5.77. The Morgan fingerprint density at radius 1 is 1.35 bits per heavy atom. The van der Waals surface area contributed by atoms with Gasteiger partial charge in [-0.25, -0.2) is 4.98 Å². The van der Waals surface area contributed by atoms with E-state index in [0.717, 1.165) is 48.2 Å². The molecule has 3 rings (SSSR count). The molecule has 0 radical (unpaired) electrons. The minimum atomic E-state index is 0.839. The maximum Gasteiger partial charge on any atom is 0.228 e. The van der Waals surface area contributed by atoms with Gasteiger partial charge in [-0.15, -0.1) is 11.3 Å². The molecule has 0 atom stereocenters. The molecule has 0 saturated carbocycles. The molecule has 2 aromatic heterocycles. The summed E-state index contributed by atoms with van der Waals surface area (Å²) < 4.78 is 0. The lowest BCUT2D eigenvalue weighted by Gasteiger charge is -2.27. The van der Waals surface area contributed by atoms with Crippen molar-refractivity contribution in [2.24, 2.45) is 0 Å². The molecule has 2 aromatic rings. The van der Waals surface area contributed by atoms with Crippen LogP contribution in [0.4, 0.5) is 11.8 Å². The van der Waals surface area contributed by atoms with E-state index in [1.54, 1.807) is 11.3 Å². The van der Waals surface area contributed by atoms with Crippen molar-refractivity contribution >= 4 is 33.3 Å². The number of rotatable bonds is 2.